The topological polar surface area (TPSA) is 90.0 Å². The van der Waals surface area contributed by atoms with Crippen molar-refractivity contribution in [1.82, 2.24) is 35.7 Å². The fourth-order valence-electron chi connectivity index (χ4n) is 3.64. The first kappa shape index (κ1) is 16.3. The Balaban J connectivity index is 1.43. The Bertz CT molecular complexity index is 484. The second-order valence-corrected chi connectivity index (χ2v) is 6.74. The molecular formula is C15H27N7O. The van der Waals surface area contributed by atoms with Crippen LogP contribution in [0.4, 0.5) is 0 Å². The molecule has 2 aliphatic heterocycles. The van der Waals surface area contributed by atoms with E-state index in [1.165, 1.54) is 25.9 Å². The number of aromatic amines is 1. The maximum atomic E-state index is 12.4. The van der Waals surface area contributed by atoms with E-state index in [9.17, 15) is 4.79 Å². The molecule has 1 unspecified atom stereocenters. The molecule has 0 aromatic carbocycles. The Kier molecular flexibility index (Phi) is 5.56. The van der Waals surface area contributed by atoms with Crippen LogP contribution in [0.3, 0.4) is 0 Å². The van der Waals surface area contributed by atoms with E-state index in [4.69, 9.17) is 0 Å². The van der Waals surface area contributed by atoms with E-state index in [1.54, 1.807) is 0 Å². The molecule has 1 amide bonds. The van der Waals surface area contributed by atoms with Crippen molar-refractivity contribution in [3.8, 4) is 0 Å². The number of tetrazole rings is 1. The number of carbonyl (C=O) groups excluding carboxylic acids is 1. The highest BCUT2D eigenvalue weighted by atomic mass is 16.1. The van der Waals surface area contributed by atoms with Gasteiger partial charge < -0.3 is 10.2 Å². The van der Waals surface area contributed by atoms with Crippen LogP contribution >= 0.6 is 0 Å². The minimum atomic E-state index is 0.119. The zero-order chi connectivity index (χ0) is 16.1. The zero-order valence-corrected chi connectivity index (χ0v) is 13.9. The predicted octanol–water partition coefficient (Wildman–Crippen LogP) is -0.335. The van der Waals surface area contributed by atoms with Gasteiger partial charge in [-0.15, -0.1) is 10.2 Å². The number of H-pyrrole nitrogens is 1. The molecular weight excluding hydrogens is 294 g/mol. The molecule has 1 atom stereocenters. The molecule has 2 fully saturated rings. The Morgan fingerprint density at radius 1 is 1.30 bits per heavy atom. The lowest BCUT2D eigenvalue weighted by atomic mass is 9.93. The Labute approximate surface area is 137 Å². The van der Waals surface area contributed by atoms with Crippen LogP contribution < -0.4 is 5.32 Å². The molecule has 0 saturated carbocycles. The first-order chi connectivity index (χ1) is 11.2. The van der Waals surface area contributed by atoms with Crippen molar-refractivity contribution >= 4 is 5.91 Å². The summed E-state index contributed by atoms with van der Waals surface area (Å²) in [5.41, 5.74) is 0. The monoisotopic (exact) mass is 321 g/mol. The van der Waals surface area contributed by atoms with Gasteiger partial charge >= 0.3 is 0 Å². The average molecular weight is 321 g/mol. The van der Waals surface area contributed by atoms with Crippen LogP contribution in [-0.2, 0) is 11.2 Å². The molecule has 23 heavy (non-hydrogen) atoms. The number of rotatable bonds is 5. The molecule has 128 valence electrons. The number of aromatic nitrogens is 4. The van der Waals surface area contributed by atoms with Gasteiger partial charge in [0, 0.05) is 25.6 Å². The van der Waals surface area contributed by atoms with Gasteiger partial charge in [0.2, 0.25) is 5.91 Å². The highest BCUT2D eigenvalue weighted by Crippen LogP contribution is 2.23. The van der Waals surface area contributed by atoms with Crippen molar-refractivity contribution in [2.24, 2.45) is 5.92 Å². The van der Waals surface area contributed by atoms with Crippen LogP contribution in [0.1, 0.15) is 31.5 Å². The summed E-state index contributed by atoms with van der Waals surface area (Å²) in [7, 11) is 2.19. The molecule has 2 N–H and O–H groups in total. The summed E-state index contributed by atoms with van der Waals surface area (Å²) < 4.78 is 0. The fourth-order valence-corrected chi connectivity index (χ4v) is 3.64. The number of nitrogens with one attached hydrogen (secondary N) is 2. The summed E-state index contributed by atoms with van der Waals surface area (Å²) >= 11 is 0. The Morgan fingerprint density at radius 3 is 2.87 bits per heavy atom. The van der Waals surface area contributed by atoms with E-state index in [1.807, 2.05) is 0 Å². The van der Waals surface area contributed by atoms with Gasteiger partial charge in [-0.3, -0.25) is 9.69 Å². The maximum absolute atomic E-state index is 12.4. The number of amides is 1. The third kappa shape index (κ3) is 4.48. The Hall–Kier alpha value is -1.54. The van der Waals surface area contributed by atoms with Crippen LogP contribution in [0.5, 0.6) is 0 Å². The lowest BCUT2D eigenvalue weighted by Gasteiger charge is -2.41. The van der Waals surface area contributed by atoms with Crippen molar-refractivity contribution in [2.45, 2.75) is 38.1 Å². The van der Waals surface area contributed by atoms with Gasteiger partial charge in [0.05, 0.1) is 5.92 Å². The number of nitrogens with zero attached hydrogens (tertiary/aromatic N) is 5. The van der Waals surface area contributed by atoms with Gasteiger partial charge in [-0.1, -0.05) is 5.21 Å². The van der Waals surface area contributed by atoms with E-state index < -0.39 is 0 Å². The lowest BCUT2D eigenvalue weighted by Crippen LogP contribution is -2.50. The fraction of sp³-hybridized carbons (Fsp3) is 0.867. The van der Waals surface area contributed by atoms with Gasteiger partial charge in [-0.25, -0.2) is 0 Å². The quantitative estimate of drug-likeness (QED) is 0.771. The van der Waals surface area contributed by atoms with Crippen molar-refractivity contribution in [3.63, 3.8) is 0 Å². The summed E-state index contributed by atoms with van der Waals surface area (Å²) in [4.78, 5) is 17.3. The molecule has 0 bridgehead atoms. The van der Waals surface area contributed by atoms with E-state index in [0.717, 1.165) is 25.9 Å². The zero-order valence-electron chi connectivity index (χ0n) is 13.9. The summed E-state index contributed by atoms with van der Waals surface area (Å²) in [6.45, 7) is 4.96. The second kappa shape index (κ2) is 7.83. The van der Waals surface area contributed by atoms with Crippen LogP contribution in [0, 0.1) is 5.92 Å². The summed E-state index contributed by atoms with van der Waals surface area (Å²) in [5.74, 6) is 0.932. The summed E-state index contributed by atoms with van der Waals surface area (Å²) in [5, 5.41) is 16.8. The van der Waals surface area contributed by atoms with Gasteiger partial charge in [0.1, 0.15) is 0 Å². The standard InChI is InChI=1S/C15H27N7O/c1-21-9-5-13(6-10-21)22-8-2-3-12(11-22)15(23)16-7-4-14-17-19-20-18-14/h12-13H,2-11H2,1H3,(H,16,23)(H,17,18,19,20). The molecule has 0 aliphatic carbocycles. The first-order valence-corrected chi connectivity index (χ1v) is 8.65. The van der Waals surface area contributed by atoms with Gasteiger partial charge in [-0.05, 0) is 52.4 Å². The third-order valence-electron chi connectivity index (χ3n) is 5.07. The largest absolute Gasteiger partial charge is 0.355 e. The maximum Gasteiger partial charge on any atom is 0.224 e. The van der Waals surface area contributed by atoms with Crippen LogP contribution in [-0.4, -0.2) is 82.1 Å². The number of hydrogen-bond acceptors (Lipinski definition) is 6. The number of carbonyl (C=O) groups is 1. The molecule has 8 nitrogen and oxygen atoms in total. The number of hydrogen-bond donors (Lipinski definition) is 2. The minimum absolute atomic E-state index is 0.119. The molecule has 2 saturated heterocycles. The van der Waals surface area contributed by atoms with Crippen LogP contribution in [0.2, 0.25) is 0 Å². The van der Waals surface area contributed by atoms with E-state index in [-0.39, 0.29) is 11.8 Å². The van der Waals surface area contributed by atoms with Crippen molar-refractivity contribution in [3.05, 3.63) is 5.82 Å². The first-order valence-electron chi connectivity index (χ1n) is 8.65. The average Bonchev–Trinajstić information content (AvgIpc) is 3.09. The summed E-state index contributed by atoms with van der Waals surface area (Å²) in [6, 6.07) is 0.654. The highest BCUT2D eigenvalue weighted by molar-refractivity contribution is 5.78. The second-order valence-electron chi connectivity index (χ2n) is 6.74. The molecule has 3 heterocycles. The van der Waals surface area contributed by atoms with E-state index in [0.29, 0.717) is 24.8 Å². The van der Waals surface area contributed by atoms with Crippen LogP contribution in [0.25, 0.3) is 0 Å². The SMILES string of the molecule is CN1CCC(N2CCCC(C(=O)NCCc3nn[nH]n3)C2)CC1. The highest BCUT2D eigenvalue weighted by Gasteiger charge is 2.30. The smallest absolute Gasteiger partial charge is 0.224 e. The summed E-state index contributed by atoms with van der Waals surface area (Å²) in [6.07, 6.45) is 5.19. The minimum Gasteiger partial charge on any atom is -0.355 e. The molecule has 1 aromatic rings. The molecule has 0 radical (unpaired) electrons. The normalized spacial score (nSPS) is 24.7. The van der Waals surface area contributed by atoms with Crippen LogP contribution in [0.15, 0.2) is 0 Å². The van der Waals surface area contributed by atoms with Gasteiger partial charge in [0.15, 0.2) is 5.82 Å². The predicted molar refractivity (Wildman–Crippen MR) is 85.7 cm³/mol. The number of piperidine rings is 2. The molecule has 2 aliphatic rings. The lowest BCUT2D eigenvalue weighted by molar-refractivity contribution is -0.127. The van der Waals surface area contributed by atoms with Crippen molar-refractivity contribution in [2.75, 3.05) is 39.8 Å². The van der Waals surface area contributed by atoms with Crippen molar-refractivity contribution < 1.29 is 4.79 Å². The number of likely N-dealkylation sites (tertiary alicyclic amines) is 2. The molecule has 1 aromatic heterocycles. The molecule has 0 spiro atoms. The van der Waals surface area contributed by atoms with E-state index >= 15 is 0 Å². The van der Waals surface area contributed by atoms with Gasteiger partial charge in [0.25, 0.3) is 0 Å². The van der Waals surface area contributed by atoms with Crippen molar-refractivity contribution in [1.29, 1.82) is 0 Å². The molecule has 8 heteroatoms. The molecule has 3 rings (SSSR count). The van der Waals surface area contributed by atoms with E-state index in [2.05, 4.69) is 42.8 Å². The third-order valence-corrected chi connectivity index (χ3v) is 5.07. The Morgan fingerprint density at radius 2 is 2.13 bits per heavy atom. The van der Waals surface area contributed by atoms with Gasteiger partial charge in [-0.2, -0.15) is 5.21 Å².